The zero-order valence-corrected chi connectivity index (χ0v) is 7.99. The fourth-order valence-corrected chi connectivity index (χ4v) is 0.929. The molecule has 5 heteroatoms. The van der Waals surface area contributed by atoms with Gasteiger partial charge in [0.2, 0.25) is 0 Å². The Hall–Kier alpha value is -1.72. The summed E-state index contributed by atoms with van der Waals surface area (Å²) >= 11 is 0. The fraction of sp³-hybridized carbons (Fsp3) is 0. The van der Waals surface area contributed by atoms with Gasteiger partial charge in [0, 0.05) is 12.4 Å². The summed E-state index contributed by atoms with van der Waals surface area (Å²) in [5, 5.41) is 14.0. The topological polar surface area (TPSA) is 66.2 Å². The van der Waals surface area contributed by atoms with E-state index in [1.807, 2.05) is 0 Å². The Balaban J connectivity index is 0.000000121. The molecule has 2 N–H and O–H groups in total. The van der Waals surface area contributed by atoms with E-state index in [2.05, 4.69) is 34.2 Å². The third kappa shape index (κ3) is 4.90. The molecule has 1 radical (unpaired) electrons. The highest BCUT2D eigenvalue weighted by Gasteiger charge is 2.06. The van der Waals surface area contributed by atoms with E-state index in [1.165, 1.54) is 17.5 Å². The maximum absolute atomic E-state index is 7.00. The molecular weight excluding hydrogens is 191 g/mol. The van der Waals surface area contributed by atoms with Crippen molar-refractivity contribution in [2.45, 2.75) is 0 Å². The predicted octanol–water partition coefficient (Wildman–Crippen LogP) is 0.649. The molecule has 0 saturated carbocycles. The van der Waals surface area contributed by atoms with Gasteiger partial charge in [0.25, 0.3) is 0 Å². The molecule has 0 aliphatic heterocycles. The summed E-state index contributed by atoms with van der Waals surface area (Å²) in [4.78, 5) is 7.35. The first kappa shape index (κ1) is 11.4. The molecule has 1 aromatic rings. The SMILES string of the molecule is O[B]O.c1cc2cc-2c1.c1cncnc1. The molecule has 4 nitrogen and oxygen atoms in total. The molecule has 0 atom stereocenters. The zero-order valence-electron chi connectivity index (χ0n) is 7.99. The Kier molecular flexibility index (Phi) is 5.07. The predicted molar refractivity (Wildman–Crippen MR) is 57.7 cm³/mol. The lowest BCUT2D eigenvalue weighted by atomic mass is 10.5. The van der Waals surface area contributed by atoms with E-state index in [0.29, 0.717) is 0 Å². The fourth-order valence-electron chi connectivity index (χ4n) is 0.929. The smallest absolute Gasteiger partial charge is 0.429 e. The minimum absolute atomic E-state index is 0. The molecular formula is C10H10BN2O2. The summed E-state index contributed by atoms with van der Waals surface area (Å²) in [5.74, 6) is 0. The molecule has 15 heavy (non-hydrogen) atoms. The molecule has 0 aromatic carbocycles. The lowest BCUT2D eigenvalue weighted by Crippen LogP contribution is -1.75. The van der Waals surface area contributed by atoms with Crippen LogP contribution in [-0.4, -0.2) is 27.7 Å². The average Bonchev–Trinajstić information content (AvgIpc) is 2.90. The maximum atomic E-state index is 7.00. The van der Waals surface area contributed by atoms with Crippen LogP contribution in [0.1, 0.15) is 0 Å². The van der Waals surface area contributed by atoms with E-state index in [0.717, 1.165) is 0 Å². The normalized spacial score (nSPS) is 8.67. The van der Waals surface area contributed by atoms with Gasteiger partial charge in [-0.3, -0.25) is 0 Å². The lowest BCUT2D eigenvalue weighted by molar-refractivity contribution is 0.448. The third-order valence-electron chi connectivity index (χ3n) is 1.59. The summed E-state index contributed by atoms with van der Waals surface area (Å²) in [7, 11) is 0. The van der Waals surface area contributed by atoms with Crippen molar-refractivity contribution in [3.63, 3.8) is 0 Å². The second-order valence-corrected chi connectivity index (χ2v) is 2.60. The quantitative estimate of drug-likeness (QED) is 0.524. The molecule has 75 valence electrons. The van der Waals surface area contributed by atoms with Crippen molar-refractivity contribution in [3.8, 4) is 11.1 Å². The van der Waals surface area contributed by atoms with Crippen molar-refractivity contribution in [2.75, 3.05) is 0 Å². The van der Waals surface area contributed by atoms with Gasteiger partial charge in [-0.25, -0.2) is 9.97 Å². The molecule has 2 aliphatic carbocycles. The third-order valence-corrected chi connectivity index (χ3v) is 1.59. The van der Waals surface area contributed by atoms with E-state index in [9.17, 15) is 0 Å². The number of hydrogen-bond acceptors (Lipinski definition) is 4. The van der Waals surface area contributed by atoms with Crippen molar-refractivity contribution in [1.82, 2.24) is 9.97 Å². The van der Waals surface area contributed by atoms with Crippen molar-refractivity contribution >= 4 is 7.69 Å². The molecule has 0 amide bonds. The van der Waals surface area contributed by atoms with Gasteiger partial charge in [0.05, 0.1) is 0 Å². The van der Waals surface area contributed by atoms with Crippen molar-refractivity contribution < 1.29 is 10.0 Å². The molecule has 0 saturated heterocycles. The first-order valence-corrected chi connectivity index (χ1v) is 4.29. The molecule has 1 heterocycles. The van der Waals surface area contributed by atoms with E-state index < -0.39 is 0 Å². The Morgan fingerprint density at radius 3 is 1.60 bits per heavy atom. The highest BCUT2D eigenvalue weighted by atomic mass is 16.4. The van der Waals surface area contributed by atoms with Crippen LogP contribution in [0.15, 0.2) is 49.1 Å². The number of benzene rings is 1. The zero-order chi connectivity index (χ0) is 10.9. The van der Waals surface area contributed by atoms with Crippen LogP contribution in [0.3, 0.4) is 0 Å². The van der Waals surface area contributed by atoms with E-state index in [1.54, 1.807) is 18.5 Å². The average molecular weight is 201 g/mol. The van der Waals surface area contributed by atoms with Gasteiger partial charge >= 0.3 is 7.69 Å². The molecule has 1 aromatic heterocycles. The van der Waals surface area contributed by atoms with Gasteiger partial charge in [-0.1, -0.05) is 18.2 Å². The minimum atomic E-state index is 0. The molecule has 0 fully saturated rings. The molecule has 0 unspecified atom stereocenters. The van der Waals surface area contributed by atoms with E-state index in [4.69, 9.17) is 10.0 Å². The van der Waals surface area contributed by atoms with Crippen molar-refractivity contribution in [3.05, 3.63) is 49.1 Å². The van der Waals surface area contributed by atoms with Crippen LogP contribution in [0, 0.1) is 0 Å². The monoisotopic (exact) mass is 201 g/mol. The van der Waals surface area contributed by atoms with Crippen LogP contribution in [0.2, 0.25) is 0 Å². The summed E-state index contributed by atoms with van der Waals surface area (Å²) in [6.45, 7) is 0. The number of rotatable bonds is 0. The molecule has 3 rings (SSSR count). The maximum Gasteiger partial charge on any atom is 0.482 e. The Labute approximate surface area is 88.6 Å². The van der Waals surface area contributed by atoms with E-state index in [-0.39, 0.29) is 7.69 Å². The van der Waals surface area contributed by atoms with Gasteiger partial charge in [-0.05, 0) is 23.3 Å². The second-order valence-electron chi connectivity index (χ2n) is 2.60. The van der Waals surface area contributed by atoms with Gasteiger partial charge in [-0.2, -0.15) is 0 Å². The Bertz CT molecular complexity index is 340. The minimum Gasteiger partial charge on any atom is -0.429 e. The molecule has 0 bridgehead atoms. The number of aromatic nitrogens is 2. The standard InChI is InChI=1S/C6H4.C4H4N2.BH2O2/c1-2-5-4-6(5)3-1;1-2-5-4-6-3-1;2-1-3/h2*1-4H;2-3H. The largest absolute Gasteiger partial charge is 0.482 e. The summed E-state index contributed by atoms with van der Waals surface area (Å²) in [6, 6.07) is 10.3. The number of hydrogen-bond donors (Lipinski definition) is 2. The van der Waals surface area contributed by atoms with Crippen LogP contribution >= 0.6 is 0 Å². The number of fused-ring (bicyclic) bond motifs is 1. The molecule has 0 spiro atoms. The van der Waals surface area contributed by atoms with Crippen LogP contribution < -0.4 is 0 Å². The Morgan fingerprint density at radius 1 is 0.933 bits per heavy atom. The summed E-state index contributed by atoms with van der Waals surface area (Å²) < 4.78 is 0. The van der Waals surface area contributed by atoms with Crippen molar-refractivity contribution in [2.24, 2.45) is 0 Å². The van der Waals surface area contributed by atoms with Crippen LogP contribution in [0.5, 0.6) is 0 Å². The summed E-state index contributed by atoms with van der Waals surface area (Å²) in [6.07, 6.45) is 4.88. The van der Waals surface area contributed by atoms with Crippen molar-refractivity contribution in [1.29, 1.82) is 0 Å². The van der Waals surface area contributed by atoms with Gasteiger partial charge in [-0.15, -0.1) is 0 Å². The van der Waals surface area contributed by atoms with Crippen LogP contribution in [0.4, 0.5) is 0 Å². The van der Waals surface area contributed by atoms with Crippen LogP contribution in [0.25, 0.3) is 11.1 Å². The second kappa shape index (κ2) is 6.70. The van der Waals surface area contributed by atoms with Gasteiger partial charge < -0.3 is 10.0 Å². The highest BCUT2D eigenvalue weighted by Crippen LogP contribution is 2.32. The first-order valence-electron chi connectivity index (χ1n) is 4.29. The van der Waals surface area contributed by atoms with Gasteiger partial charge in [0.1, 0.15) is 6.33 Å². The summed E-state index contributed by atoms with van der Waals surface area (Å²) in [5.41, 5.74) is 2.85. The van der Waals surface area contributed by atoms with E-state index >= 15 is 0 Å². The van der Waals surface area contributed by atoms with Crippen LogP contribution in [-0.2, 0) is 0 Å². The molecule has 2 aliphatic rings. The first-order chi connectivity index (χ1) is 7.38. The number of nitrogens with zero attached hydrogens (tertiary/aromatic N) is 2. The Morgan fingerprint density at radius 2 is 1.47 bits per heavy atom. The lowest BCUT2D eigenvalue weighted by Gasteiger charge is -1.70. The highest BCUT2D eigenvalue weighted by molar-refractivity contribution is 6.13. The van der Waals surface area contributed by atoms with Gasteiger partial charge in [0.15, 0.2) is 0 Å².